The molecule has 1 aromatic heterocycles. The molecule has 1 heterocycles. The first kappa shape index (κ1) is 16.6. The molecule has 0 radical (unpaired) electrons. The van der Waals surface area contributed by atoms with Crippen molar-refractivity contribution in [3.63, 3.8) is 0 Å². The zero-order valence-corrected chi connectivity index (χ0v) is 15.0. The Morgan fingerprint density at radius 2 is 1.88 bits per heavy atom. The van der Waals surface area contributed by atoms with Gasteiger partial charge in [-0.05, 0) is 62.8 Å². The SMILES string of the molecule is Cc1cc(Oc2c(C3CC3)nn(CC(=O)O)c2C2CC2)cc(C)c1C#N. The van der Waals surface area contributed by atoms with Crippen LogP contribution in [0, 0.1) is 25.2 Å². The summed E-state index contributed by atoms with van der Waals surface area (Å²) >= 11 is 0. The molecule has 2 saturated carbocycles. The molecule has 0 bridgehead atoms. The number of hydrogen-bond acceptors (Lipinski definition) is 4. The van der Waals surface area contributed by atoms with E-state index in [2.05, 4.69) is 11.2 Å². The van der Waals surface area contributed by atoms with Crippen LogP contribution in [0.25, 0.3) is 0 Å². The van der Waals surface area contributed by atoms with Gasteiger partial charge >= 0.3 is 5.97 Å². The zero-order valence-electron chi connectivity index (χ0n) is 15.0. The molecule has 2 aliphatic carbocycles. The first-order valence-electron chi connectivity index (χ1n) is 8.99. The predicted octanol–water partition coefficient (Wildman–Crippen LogP) is 4.00. The third-order valence-electron chi connectivity index (χ3n) is 5.02. The number of benzene rings is 1. The summed E-state index contributed by atoms with van der Waals surface area (Å²) in [5.41, 5.74) is 4.22. The molecule has 0 atom stereocenters. The minimum absolute atomic E-state index is 0.139. The Hall–Kier alpha value is -2.81. The number of carboxylic acid groups (broad SMARTS) is 1. The van der Waals surface area contributed by atoms with Crippen molar-refractivity contribution < 1.29 is 14.6 Å². The van der Waals surface area contributed by atoms with Crippen molar-refractivity contribution in [2.75, 3.05) is 0 Å². The smallest absolute Gasteiger partial charge is 0.325 e. The second-order valence-electron chi connectivity index (χ2n) is 7.35. The van der Waals surface area contributed by atoms with Crippen molar-refractivity contribution in [1.29, 1.82) is 5.26 Å². The highest BCUT2D eigenvalue weighted by molar-refractivity contribution is 5.67. The Labute approximate surface area is 152 Å². The van der Waals surface area contributed by atoms with Gasteiger partial charge in [0.15, 0.2) is 5.75 Å². The zero-order chi connectivity index (χ0) is 18.4. The number of aromatic nitrogens is 2. The van der Waals surface area contributed by atoms with Crippen molar-refractivity contribution in [3.8, 4) is 17.6 Å². The largest absolute Gasteiger partial charge is 0.480 e. The normalized spacial score (nSPS) is 16.3. The highest BCUT2D eigenvalue weighted by Gasteiger charge is 2.39. The van der Waals surface area contributed by atoms with E-state index >= 15 is 0 Å². The van der Waals surface area contributed by atoms with E-state index in [0.717, 1.165) is 53.9 Å². The lowest BCUT2D eigenvalue weighted by molar-refractivity contribution is -0.137. The lowest BCUT2D eigenvalue weighted by Gasteiger charge is -2.12. The molecule has 0 amide bonds. The average molecular weight is 351 g/mol. The van der Waals surface area contributed by atoms with E-state index in [9.17, 15) is 15.2 Å². The lowest BCUT2D eigenvalue weighted by atomic mass is 10.0. The van der Waals surface area contributed by atoms with Crippen molar-refractivity contribution in [3.05, 3.63) is 40.2 Å². The number of ether oxygens (including phenoxy) is 1. The summed E-state index contributed by atoms with van der Waals surface area (Å²) in [6.45, 7) is 3.66. The number of carboxylic acids is 1. The summed E-state index contributed by atoms with van der Waals surface area (Å²) in [6, 6.07) is 5.96. The Morgan fingerprint density at radius 1 is 1.27 bits per heavy atom. The molecule has 2 aromatic rings. The Kier molecular flexibility index (Phi) is 3.95. The van der Waals surface area contributed by atoms with Crippen molar-refractivity contribution in [1.82, 2.24) is 9.78 Å². The fraction of sp³-hybridized carbons (Fsp3) is 0.450. The van der Waals surface area contributed by atoms with Crippen LogP contribution < -0.4 is 4.74 Å². The first-order chi connectivity index (χ1) is 12.5. The summed E-state index contributed by atoms with van der Waals surface area (Å²) < 4.78 is 7.90. The fourth-order valence-electron chi connectivity index (χ4n) is 3.48. The summed E-state index contributed by atoms with van der Waals surface area (Å²) in [4.78, 5) is 11.3. The first-order valence-corrected chi connectivity index (χ1v) is 8.99. The lowest BCUT2D eigenvalue weighted by Crippen LogP contribution is -2.13. The molecule has 0 unspecified atom stereocenters. The number of rotatable bonds is 6. The number of carbonyl (C=O) groups is 1. The van der Waals surface area contributed by atoms with Gasteiger partial charge in [0.1, 0.15) is 18.0 Å². The monoisotopic (exact) mass is 351 g/mol. The molecular weight excluding hydrogens is 330 g/mol. The third kappa shape index (κ3) is 3.05. The molecule has 0 spiro atoms. The van der Waals surface area contributed by atoms with Gasteiger partial charge in [0.05, 0.1) is 17.3 Å². The molecule has 2 fully saturated rings. The van der Waals surface area contributed by atoms with Gasteiger partial charge in [0.2, 0.25) is 0 Å². The van der Waals surface area contributed by atoms with Gasteiger partial charge in [0.25, 0.3) is 0 Å². The van der Waals surface area contributed by atoms with Crippen molar-refractivity contribution in [2.24, 2.45) is 0 Å². The van der Waals surface area contributed by atoms with Crippen LogP contribution in [-0.4, -0.2) is 20.9 Å². The van der Waals surface area contributed by atoms with Crippen LogP contribution in [-0.2, 0) is 11.3 Å². The Morgan fingerprint density at radius 3 is 2.38 bits per heavy atom. The van der Waals surface area contributed by atoms with Crippen LogP contribution in [0.4, 0.5) is 0 Å². The summed E-state index contributed by atoms with van der Waals surface area (Å²) in [6.07, 6.45) is 4.21. The number of nitrogens with zero attached hydrogens (tertiary/aromatic N) is 3. The molecular formula is C20H21N3O3. The van der Waals surface area contributed by atoms with Crippen molar-refractivity contribution >= 4 is 5.97 Å². The topological polar surface area (TPSA) is 88.1 Å². The van der Waals surface area contributed by atoms with Crippen LogP contribution in [0.5, 0.6) is 11.5 Å². The Balaban J connectivity index is 1.77. The molecule has 134 valence electrons. The predicted molar refractivity (Wildman–Crippen MR) is 94.5 cm³/mol. The van der Waals surface area contributed by atoms with Gasteiger partial charge in [-0.15, -0.1) is 0 Å². The minimum atomic E-state index is -0.895. The number of hydrogen-bond donors (Lipinski definition) is 1. The highest BCUT2D eigenvalue weighted by Crippen LogP contribution is 2.52. The van der Waals surface area contributed by atoms with Gasteiger partial charge in [-0.1, -0.05) is 0 Å². The van der Waals surface area contributed by atoms with E-state index in [1.807, 2.05) is 26.0 Å². The van der Waals surface area contributed by atoms with E-state index in [1.165, 1.54) is 0 Å². The van der Waals surface area contributed by atoms with E-state index in [-0.39, 0.29) is 6.54 Å². The number of nitriles is 1. The number of aryl methyl sites for hydroxylation is 2. The van der Waals surface area contributed by atoms with Crippen LogP contribution in [0.15, 0.2) is 12.1 Å². The van der Waals surface area contributed by atoms with Crippen LogP contribution >= 0.6 is 0 Å². The van der Waals surface area contributed by atoms with Gasteiger partial charge in [-0.2, -0.15) is 10.4 Å². The molecule has 0 saturated heterocycles. The highest BCUT2D eigenvalue weighted by atomic mass is 16.5. The molecule has 26 heavy (non-hydrogen) atoms. The molecule has 4 rings (SSSR count). The fourth-order valence-corrected chi connectivity index (χ4v) is 3.48. The van der Waals surface area contributed by atoms with Crippen LogP contribution in [0.2, 0.25) is 0 Å². The standard InChI is InChI=1S/C20H21N3O3/c1-11-7-15(8-12(2)16(11)9-21)26-20-18(13-3-4-13)22-23(10-17(24)25)19(20)14-5-6-14/h7-8,13-14H,3-6,10H2,1-2H3,(H,24,25). The average Bonchev–Trinajstić information content (AvgIpc) is 3.46. The maximum Gasteiger partial charge on any atom is 0.325 e. The second kappa shape index (κ2) is 6.17. The van der Waals surface area contributed by atoms with E-state index in [0.29, 0.717) is 23.1 Å². The molecule has 6 heteroatoms. The molecule has 6 nitrogen and oxygen atoms in total. The molecule has 2 aliphatic rings. The van der Waals surface area contributed by atoms with E-state index in [4.69, 9.17) is 4.74 Å². The Bertz CT molecular complexity index is 908. The van der Waals surface area contributed by atoms with Gasteiger partial charge < -0.3 is 9.84 Å². The molecule has 1 aromatic carbocycles. The quantitative estimate of drug-likeness (QED) is 0.849. The molecule has 1 N–H and O–H groups in total. The summed E-state index contributed by atoms with van der Waals surface area (Å²) in [5, 5.41) is 23.1. The summed E-state index contributed by atoms with van der Waals surface area (Å²) in [5.74, 6) is 1.20. The van der Waals surface area contributed by atoms with Crippen molar-refractivity contribution in [2.45, 2.75) is 57.9 Å². The molecule has 0 aliphatic heterocycles. The van der Waals surface area contributed by atoms with E-state index in [1.54, 1.807) is 4.68 Å². The van der Waals surface area contributed by atoms with Gasteiger partial charge in [-0.3, -0.25) is 9.48 Å². The minimum Gasteiger partial charge on any atom is -0.480 e. The summed E-state index contributed by atoms with van der Waals surface area (Å²) in [7, 11) is 0. The maximum absolute atomic E-state index is 11.3. The van der Waals surface area contributed by atoms with Crippen LogP contribution in [0.1, 0.15) is 65.6 Å². The van der Waals surface area contributed by atoms with E-state index < -0.39 is 5.97 Å². The third-order valence-corrected chi connectivity index (χ3v) is 5.02. The van der Waals surface area contributed by atoms with Gasteiger partial charge in [0, 0.05) is 11.8 Å². The van der Waals surface area contributed by atoms with Gasteiger partial charge in [-0.25, -0.2) is 0 Å². The number of aliphatic carboxylic acids is 1. The maximum atomic E-state index is 11.3. The second-order valence-corrected chi connectivity index (χ2v) is 7.35. The van der Waals surface area contributed by atoms with Crippen LogP contribution in [0.3, 0.4) is 0 Å².